The van der Waals surface area contributed by atoms with Crippen LogP contribution in [0, 0.1) is 0 Å². The largest absolute Gasteiger partial charge is 0.434 e. The van der Waals surface area contributed by atoms with E-state index in [-0.39, 0.29) is 23.6 Å². The van der Waals surface area contributed by atoms with Crippen molar-refractivity contribution in [1.29, 1.82) is 0 Å². The van der Waals surface area contributed by atoms with Crippen molar-refractivity contribution < 1.29 is 23.4 Å². The standard InChI is InChI=1S/C28H26F2N6O3/c1-27(38)12-28(31,13-27)25-32-10-15(11-33-25)14-6-7-36-18(8-14)22-17-9-19(23(22)34-36)35(2)24(37)16-4-3-5-20(21(16)17)39-26(29)30/h3-8,10-11,17,19,26,38H,9,12-13,31H2,1-2H3. The van der Waals surface area contributed by atoms with Crippen LogP contribution in [0.2, 0.25) is 0 Å². The second-order valence-electron chi connectivity index (χ2n) is 11.2. The number of hydrogen-bond acceptors (Lipinski definition) is 7. The number of aliphatic hydroxyl groups is 1. The number of nitrogens with zero attached hydrogens (tertiary/aromatic N) is 5. The Balaban J connectivity index is 1.33. The van der Waals surface area contributed by atoms with E-state index in [4.69, 9.17) is 15.6 Å². The van der Waals surface area contributed by atoms with Gasteiger partial charge in [-0.25, -0.2) is 14.5 Å². The van der Waals surface area contributed by atoms with Crippen molar-refractivity contribution in [3.05, 3.63) is 77.1 Å². The molecule has 0 spiro atoms. The van der Waals surface area contributed by atoms with Crippen molar-refractivity contribution >= 4 is 11.4 Å². The average molecular weight is 533 g/mol. The van der Waals surface area contributed by atoms with Gasteiger partial charge in [0.15, 0.2) is 0 Å². The van der Waals surface area contributed by atoms with Crippen LogP contribution in [-0.2, 0) is 5.54 Å². The lowest BCUT2D eigenvalue weighted by molar-refractivity contribution is -0.0769. The number of nitrogens with two attached hydrogens (primary N) is 1. The number of hydrogen-bond donors (Lipinski definition) is 2. The summed E-state index contributed by atoms with van der Waals surface area (Å²) in [5, 5.41) is 14.9. The molecular formula is C28H26F2N6O3. The van der Waals surface area contributed by atoms with Gasteiger partial charge in [0.25, 0.3) is 5.91 Å². The Morgan fingerprint density at radius 3 is 2.59 bits per heavy atom. The zero-order chi connectivity index (χ0) is 27.3. The first-order valence-corrected chi connectivity index (χ1v) is 12.8. The fourth-order valence-corrected chi connectivity index (χ4v) is 6.74. The molecule has 1 fully saturated rings. The third kappa shape index (κ3) is 3.56. The summed E-state index contributed by atoms with van der Waals surface area (Å²) in [7, 11) is 1.72. The van der Waals surface area contributed by atoms with Gasteiger partial charge in [-0.2, -0.15) is 13.9 Å². The number of amides is 1. The summed E-state index contributed by atoms with van der Waals surface area (Å²) >= 11 is 0. The van der Waals surface area contributed by atoms with E-state index in [2.05, 4.69) is 9.97 Å². The summed E-state index contributed by atoms with van der Waals surface area (Å²) in [5.74, 6) is -0.0971. The summed E-state index contributed by atoms with van der Waals surface area (Å²) in [4.78, 5) is 23.9. The van der Waals surface area contributed by atoms with E-state index in [9.17, 15) is 18.7 Å². The molecule has 200 valence electrons. The highest BCUT2D eigenvalue weighted by Crippen LogP contribution is 2.53. The van der Waals surface area contributed by atoms with E-state index in [1.54, 1.807) is 47.9 Å². The van der Waals surface area contributed by atoms with Crippen LogP contribution in [0.1, 0.15) is 71.1 Å². The summed E-state index contributed by atoms with van der Waals surface area (Å²) in [6, 6.07) is 8.29. The Morgan fingerprint density at radius 1 is 1.15 bits per heavy atom. The molecule has 11 heteroatoms. The quantitative estimate of drug-likeness (QED) is 0.411. The van der Waals surface area contributed by atoms with Gasteiger partial charge >= 0.3 is 6.61 Å². The lowest BCUT2D eigenvalue weighted by atomic mass is 9.66. The van der Waals surface area contributed by atoms with Crippen LogP contribution in [0.15, 0.2) is 48.9 Å². The van der Waals surface area contributed by atoms with Gasteiger partial charge in [0.2, 0.25) is 0 Å². The number of pyridine rings is 1. The van der Waals surface area contributed by atoms with E-state index < -0.39 is 17.8 Å². The molecule has 1 saturated carbocycles. The van der Waals surface area contributed by atoms with Crippen molar-refractivity contribution in [2.75, 3.05) is 7.05 Å². The first-order chi connectivity index (χ1) is 18.5. The minimum absolute atomic E-state index is 0.00734. The van der Waals surface area contributed by atoms with Crippen LogP contribution in [0.25, 0.3) is 16.6 Å². The third-order valence-corrected chi connectivity index (χ3v) is 8.30. The molecule has 0 saturated heterocycles. The van der Waals surface area contributed by atoms with E-state index in [0.717, 1.165) is 27.9 Å². The molecule has 0 radical (unpaired) electrons. The highest BCUT2D eigenvalue weighted by atomic mass is 19.3. The molecule has 2 aliphatic carbocycles. The van der Waals surface area contributed by atoms with Crippen LogP contribution in [0.5, 0.6) is 5.75 Å². The van der Waals surface area contributed by atoms with Crippen LogP contribution in [-0.4, -0.2) is 54.8 Å². The first kappa shape index (κ1) is 24.1. The molecule has 1 amide bonds. The molecule has 39 heavy (non-hydrogen) atoms. The monoisotopic (exact) mass is 532 g/mol. The fourth-order valence-electron chi connectivity index (χ4n) is 6.74. The molecule has 3 N–H and O–H groups in total. The maximum atomic E-state index is 13.3. The molecular weight excluding hydrogens is 506 g/mol. The molecule has 1 aliphatic heterocycles. The predicted octanol–water partition coefficient (Wildman–Crippen LogP) is 3.75. The summed E-state index contributed by atoms with van der Waals surface area (Å²) in [5.41, 5.74) is 9.74. The van der Waals surface area contributed by atoms with E-state index >= 15 is 0 Å². The normalized spacial score (nSPS) is 27.4. The Labute approximate surface area is 222 Å². The molecule has 3 aliphatic rings. The van der Waals surface area contributed by atoms with Crippen LogP contribution in [0.3, 0.4) is 0 Å². The molecule has 2 bridgehead atoms. The van der Waals surface area contributed by atoms with Crippen molar-refractivity contribution in [3.8, 4) is 16.9 Å². The highest BCUT2D eigenvalue weighted by molar-refractivity contribution is 5.98. The molecule has 1 aromatic carbocycles. The molecule has 4 aromatic rings. The average Bonchev–Trinajstić information content (AvgIpc) is 3.40. The van der Waals surface area contributed by atoms with Crippen molar-refractivity contribution in [2.45, 2.75) is 55.9 Å². The van der Waals surface area contributed by atoms with E-state index in [0.29, 0.717) is 36.2 Å². The second kappa shape index (κ2) is 8.03. The van der Waals surface area contributed by atoms with Gasteiger partial charge in [0, 0.05) is 66.7 Å². The Hall–Kier alpha value is -3.96. The number of ether oxygens (including phenoxy) is 1. The minimum Gasteiger partial charge on any atom is -0.434 e. The molecule has 4 heterocycles. The molecule has 2 atom stereocenters. The number of fused-ring (bicyclic) bond motifs is 9. The van der Waals surface area contributed by atoms with Gasteiger partial charge in [-0.15, -0.1) is 0 Å². The van der Waals surface area contributed by atoms with E-state index in [1.807, 2.05) is 18.3 Å². The van der Waals surface area contributed by atoms with Gasteiger partial charge in [0.1, 0.15) is 11.6 Å². The predicted molar refractivity (Wildman–Crippen MR) is 136 cm³/mol. The molecule has 7 rings (SSSR count). The van der Waals surface area contributed by atoms with Crippen molar-refractivity contribution in [3.63, 3.8) is 0 Å². The number of carbonyl (C=O) groups is 1. The van der Waals surface area contributed by atoms with E-state index in [1.165, 1.54) is 6.07 Å². The second-order valence-corrected chi connectivity index (χ2v) is 11.2. The van der Waals surface area contributed by atoms with Crippen LogP contribution in [0.4, 0.5) is 8.78 Å². The lowest BCUT2D eigenvalue weighted by Crippen LogP contribution is -2.59. The van der Waals surface area contributed by atoms with Gasteiger partial charge in [-0.1, -0.05) is 6.07 Å². The number of halogens is 2. The maximum absolute atomic E-state index is 13.3. The summed E-state index contributed by atoms with van der Waals surface area (Å²) in [6.45, 7) is -1.27. The fraction of sp³-hybridized carbons (Fsp3) is 0.357. The minimum atomic E-state index is -3.01. The zero-order valence-electron chi connectivity index (χ0n) is 21.3. The third-order valence-electron chi connectivity index (χ3n) is 8.30. The van der Waals surface area contributed by atoms with Crippen molar-refractivity contribution in [1.82, 2.24) is 24.5 Å². The van der Waals surface area contributed by atoms with Gasteiger partial charge < -0.3 is 20.5 Å². The first-order valence-electron chi connectivity index (χ1n) is 12.8. The summed E-state index contributed by atoms with van der Waals surface area (Å²) < 4.78 is 33.3. The highest BCUT2D eigenvalue weighted by Gasteiger charge is 2.51. The summed E-state index contributed by atoms with van der Waals surface area (Å²) in [6.07, 6.45) is 6.58. The number of aromatic nitrogens is 4. The number of rotatable bonds is 4. The van der Waals surface area contributed by atoms with Gasteiger partial charge in [0.05, 0.1) is 28.4 Å². The Kier molecular flexibility index (Phi) is 4.96. The molecule has 3 aromatic heterocycles. The lowest BCUT2D eigenvalue weighted by Gasteiger charge is -2.48. The Morgan fingerprint density at radius 2 is 1.90 bits per heavy atom. The zero-order valence-corrected chi connectivity index (χ0v) is 21.3. The topological polar surface area (TPSA) is 119 Å². The smallest absolute Gasteiger partial charge is 0.387 e. The van der Waals surface area contributed by atoms with Crippen LogP contribution < -0.4 is 10.5 Å². The van der Waals surface area contributed by atoms with Gasteiger partial charge in [-0.05, 0) is 43.2 Å². The molecule has 9 nitrogen and oxygen atoms in total. The Bertz CT molecular complexity index is 1640. The van der Waals surface area contributed by atoms with Crippen molar-refractivity contribution in [2.24, 2.45) is 5.73 Å². The number of benzene rings is 1. The SMILES string of the molecule is CN1C(=O)c2cccc(OC(F)F)c2C2CC1c1nn3ccc(-c4cnc(C5(N)CC(C)(O)C5)nc4)cc3c12. The van der Waals surface area contributed by atoms with Gasteiger partial charge in [-0.3, -0.25) is 4.79 Å². The number of alkyl halides is 2. The van der Waals surface area contributed by atoms with Crippen LogP contribution >= 0.6 is 0 Å². The maximum Gasteiger partial charge on any atom is 0.387 e. The number of carbonyl (C=O) groups excluding carboxylic acids is 1. The molecule has 2 unspecified atom stereocenters.